The van der Waals surface area contributed by atoms with E-state index in [0.717, 1.165) is 0 Å². The second kappa shape index (κ2) is 9.55. The summed E-state index contributed by atoms with van der Waals surface area (Å²) in [5.41, 5.74) is 6.71. The third kappa shape index (κ3) is 5.53. The van der Waals surface area contributed by atoms with Crippen LogP contribution in [0.5, 0.6) is 0 Å². The molecule has 0 nitrogen and oxygen atoms in total. The third-order valence-electron chi connectivity index (χ3n) is 4.71. The maximum Gasteiger partial charge on any atom is -0.0119 e. The Hall–Kier alpha value is -1.56. The molecule has 0 aliphatic heterocycles. The summed E-state index contributed by atoms with van der Waals surface area (Å²) in [5, 5.41) is 0. The number of hydrogen-bond acceptors (Lipinski definition) is 0. The van der Waals surface area contributed by atoms with Crippen molar-refractivity contribution in [2.75, 3.05) is 0 Å². The van der Waals surface area contributed by atoms with Gasteiger partial charge in [-0.15, -0.1) is 0 Å². The lowest BCUT2D eigenvalue weighted by molar-refractivity contribution is 0.589. The lowest BCUT2D eigenvalue weighted by Crippen LogP contribution is -1.90. The second-order valence-corrected chi connectivity index (χ2v) is 6.73. The van der Waals surface area contributed by atoms with Crippen molar-refractivity contribution in [1.29, 1.82) is 0 Å². The van der Waals surface area contributed by atoms with Crippen LogP contribution in [-0.2, 0) is 6.42 Å². The summed E-state index contributed by atoms with van der Waals surface area (Å²) in [4.78, 5) is 0. The minimum Gasteiger partial charge on any atom is -0.0654 e. The summed E-state index contributed by atoms with van der Waals surface area (Å²) < 4.78 is 0. The molecule has 0 fully saturated rings. The van der Waals surface area contributed by atoms with Gasteiger partial charge in [0.25, 0.3) is 0 Å². The predicted octanol–water partition coefficient (Wildman–Crippen LogP) is 7.06. The molecule has 1 radical (unpaired) electrons. The van der Waals surface area contributed by atoms with Gasteiger partial charge in [-0.1, -0.05) is 81.8 Å². The van der Waals surface area contributed by atoms with Gasteiger partial charge in [0.15, 0.2) is 0 Å². The predicted molar refractivity (Wildman–Crippen MR) is 102 cm³/mol. The monoisotopic (exact) mass is 307 g/mol. The molecule has 0 saturated carbocycles. The molecule has 0 heterocycles. The van der Waals surface area contributed by atoms with E-state index in [2.05, 4.69) is 57.2 Å². The molecule has 0 bridgehead atoms. The quantitative estimate of drug-likeness (QED) is 0.435. The SMILES string of the molecule is CCCCCCCCCc1ccc(-c2c(C)[c]ccc2C)cc1. The zero-order valence-electron chi connectivity index (χ0n) is 15.1. The zero-order valence-corrected chi connectivity index (χ0v) is 15.1. The van der Waals surface area contributed by atoms with E-state index in [9.17, 15) is 0 Å². The molecule has 2 aromatic carbocycles. The van der Waals surface area contributed by atoms with Crippen LogP contribution in [0.1, 0.15) is 68.6 Å². The molecule has 0 heteroatoms. The molecular weight excluding hydrogens is 276 g/mol. The smallest absolute Gasteiger partial charge is 0.0119 e. The van der Waals surface area contributed by atoms with Gasteiger partial charge in [-0.05, 0) is 60.6 Å². The van der Waals surface area contributed by atoms with Crippen LogP contribution in [0.4, 0.5) is 0 Å². The molecule has 0 amide bonds. The van der Waals surface area contributed by atoms with Crippen LogP contribution >= 0.6 is 0 Å². The Morgan fingerprint density at radius 3 is 2.09 bits per heavy atom. The summed E-state index contributed by atoms with van der Waals surface area (Å²) in [5.74, 6) is 0. The maximum absolute atomic E-state index is 3.32. The van der Waals surface area contributed by atoms with Crippen LogP contribution in [-0.4, -0.2) is 0 Å². The standard InChI is InChI=1S/C23H31/c1-4-5-6-7-8-9-10-14-21-15-17-22(18-16-21)23-19(2)12-11-13-20(23)3/h11-12,15-18H,4-10,14H2,1-3H3. The van der Waals surface area contributed by atoms with Gasteiger partial charge in [0.2, 0.25) is 0 Å². The van der Waals surface area contributed by atoms with Crippen molar-refractivity contribution < 1.29 is 0 Å². The van der Waals surface area contributed by atoms with Crippen LogP contribution in [0, 0.1) is 19.9 Å². The van der Waals surface area contributed by atoms with Crippen molar-refractivity contribution in [1.82, 2.24) is 0 Å². The highest BCUT2D eigenvalue weighted by Gasteiger charge is 2.05. The van der Waals surface area contributed by atoms with E-state index in [1.54, 1.807) is 0 Å². The minimum absolute atomic E-state index is 1.22. The number of aryl methyl sites for hydroxylation is 3. The molecule has 0 aromatic heterocycles. The molecule has 0 spiro atoms. The lowest BCUT2D eigenvalue weighted by atomic mass is 9.94. The summed E-state index contributed by atoms with van der Waals surface area (Å²) in [7, 11) is 0. The lowest BCUT2D eigenvalue weighted by Gasteiger charge is -2.10. The molecule has 0 aliphatic rings. The Morgan fingerprint density at radius 1 is 0.783 bits per heavy atom. The van der Waals surface area contributed by atoms with Crippen molar-refractivity contribution in [2.45, 2.75) is 72.1 Å². The van der Waals surface area contributed by atoms with Gasteiger partial charge in [0, 0.05) is 0 Å². The molecule has 2 aromatic rings. The first-order valence-electron chi connectivity index (χ1n) is 9.29. The average Bonchev–Trinajstić information content (AvgIpc) is 2.55. The normalized spacial score (nSPS) is 10.9. The molecule has 0 saturated heterocycles. The summed E-state index contributed by atoms with van der Waals surface area (Å²) in [6.45, 7) is 6.61. The maximum atomic E-state index is 3.32. The van der Waals surface area contributed by atoms with E-state index in [-0.39, 0.29) is 0 Å². The second-order valence-electron chi connectivity index (χ2n) is 6.73. The molecule has 0 unspecified atom stereocenters. The molecule has 0 atom stereocenters. The highest BCUT2D eigenvalue weighted by Crippen LogP contribution is 2.27. The molecule has 123 valence electrons. The molecule has 0 aliphatic carbocycles. The van der Waals surface area contributed by atoms with Crippen LogP contribution < -0.4 is 0 Å². The first kappa shape index (κ1) is 17.8. The van der Waals surface area contributed by atoms with Crippen LogP contribution in [0.3, 0.4) is 0 Å². The Morgan fingerprint density at radius 2 is 1.43 bits per heavy atom. The highest BCUT2D eigenvalue weighted by atomic mass is 14.1. The molecule has 23 heavy (non-hydrogen) atoms. The average molecular weight is 308 g/mol. The Balaban J connectivity index is 1.83. The fraction of sp³-hybridized carbons (Fsp3) is 0.478. The third-order valence-corrected chi connectivity index (χ3v) is 4.71. The van der Waals surface area contributed by atoms with Crippen molar-refractivity contribution in [3.05, 3.63) is 59.2 Å². The largest absolute Gasteiger partial charge is 0.0654 e. The van der Waals surface area contributed by atoms with E-state index in [4.69, 9.17) is 0 Å². The van der Waals surface area contributed by atoms with Gasteiger partial charge < -0.3 is 0 Å². The van der Waals surface area contributed by atoms with Gasteiger partial charge in [-0.2, -0.15) is 0 Å². The number of rotatable bonds is 9. The molecular formula is C23H31. The van der Waals surface area contributed by atoms with Crippen molar-refractivity contribution >= 4 is 0 Å². The van der Waals surface area contributed by atoms with Crippen LogP contribution in [0.15, 0.2) is 36.4 Å². The van der Waals surface area contributed by atoms with Crippen LogP contribution in [0.25, 0.3) is 11.1 Å². The van der Waals surface area contributed by atoms with Gasteiger partial charge in [0.05, 0.1) is 0 Å². The summed E-state index contributed by atoms with van der Waals surface area (Å²) in [6, 6.07) is 16.6. The van der Waals surface area contributed by atoms with E-state index in [1.807, 2.05) is 6.07 Å². The summed E-state index contributed by atoms with van der Waals surface area (Å²) in [6.07, 6.45) is 10.9. The first-order chi connectivity index (χ1) is 11.2. The number of unbranched alkanes of at least 4 members (excludes halogenated alkanes) is 6. The van der Waals surface area contributed by atoms with E-state index in [1.165, 1.54) is 79.2 Å². The van der Waals surface area contributed by atoms with E-state index in [0.29, 0.717) is 0 Å². The molecule has 2 rings (SSSR count). The number of hydrogen-bond donors (Lipinski definition) is 0. The Kier molecular flexibility index (Phi) is 7.39. The fourth-order valence-electron chi connectivity index (χ4n) is 3.31. The van der Waals surface area contributed by atoms with Crippen molar-refractivity contribution in [3.8, 4) is 11.1 Å². The van der Waals surface area contributed by atoms with Crippen molar-refractivity contribution in [3.63, 3.8) is 0 Å². The van der Waals surface area contributed by atoms with E-state index < -0.39 is 0 Å². The molecule has 0 N–H and O–H groups in total. The number of benzene rings is 2. The van der Waals surface area contributed by atoms with Gasteiger partial charge in [0.1, 0.15) is 0 Å². The van der Waals surface area contributed by atoms with Gasteiger partial charge >= 0.3 is 0 Å². The highest BCUT2D eigenvalue weighted by molar-refractivity contribution is 5.70. The van der Waals surface area contributed by atoms with Gasteiger partial charge in [-0.25, -0.2) is 0 Å². The minimum atomic E-state index is 1.22. The van der Waals surface area contributed by atoms with Crippen LogP contribution in [0.2, 0.25) is 0 Å². The van der Waals surface area contributed by atoms with E-state index >= 15 is 0 Å². The topological polar surface area (TPSA) is 0 Å². The fourth-order valence-corrected chi connectivity index (χ4v) is 3.31. The van der Waals surface area contributed by atoms with Gasteiger partial charge in [-0.3, -0.25) is 0 Å². The summed E-state index contributed by atoms with van der Waals surface area (Å²) >= 11 is 0. The Bertz CT molecular complexity index is 557. The van der Waals surface area contributed by atoms with Crippen molar-refractivity contribution in [2.24, 2.45) is 0 Å². The first-order valence-corrected chi connectivity index (χ1v) is 9.29. The Labute approximate surface area is 143 Å². The zero-order chi connectivity index (χ0) is 16.5.